The topological polar surface area (TPSA) is 52.5 Å². The molecule has 0 aliphatic heterocycles. The molecule has 0 spiro atoms. The van der Waals surface area contributed by atoms with Crippen LogP contribution in [0.3, 0.4) is 0 Å². The zero-order chi connectivity index (χ0) is 13.2. The Labute approximate surface area is 109 Å². The fourth-order valence-electron chi connectivity index (χ4n) is 2.15. The van der Waals surface area contributed by atoms with E-state index in [1.54, 1.807) is 6.92 Å². The van der Waals surface area contributed by atoms with Crippen LogP contribution in [-0.4, -0.2) is 29.0 Å². The first-order chi connectivity index (χ1) is 8.52. The van der Waals surface area contributed by atoms with Crippen molar-refractivity contribution in [3.63, 3.8) is 0 Å². The molecule has 1 fully saturated rings. The van der Waals surface area contributed by atoms with Gasteiger partial charge in [0.15, 0.2) is 0 Å². The minimum absolute atomic E-state index is 0.217. The molecule has 0 radical (unpaired) electrons. The van der Waals surface area contributed by atoms with E-state index < -0.39 is 5.60 Å². The third kappa shape index (κ3) is 3.55. The van der Waals surface area contributed by atoms with Crippen LogP contribution in [0.2, 0.25) is 0 Å². The average Bonchev–Trinajstić information content (AvgIpc) is 3.16. The van der Waals surface area contributed by atoms with Crippen LogP contribution < -0.4 is 5.32 Å². The van der Waals surface area contributed by atoms with Gasteiger partial charge in [0.05, 0.1) is 12.2 Å². The number of aliphatic hydroxyl groups excluding tert-OH is 1. The Morgan fingerprint density at radius 3 is 2.44 bits per heavy atom. The summed E-state index contributed by atoms with van der Waals surface area (Å²) in [4.78, 5) is 0. The molecule has 2 unspecified atom stereocenters. The van der Waals surface area contributed by atoms with Gasteiger partial charge in [-0.05, 0) is 38.2 Å². The van der Waals surface area contributed by atoms with Gasteiger partial charge >= 0.3 is 0 Å². The van der Waals surface area contributed by atoms with Gasteiger partial charge in [-0.1, -0.05) is 29.8 Å². The summed E-state index contributed by atoms with van der Waals surface area (Å²) >= 11 is 0. The molecule has 1 aromatic rings. The van der Waals surface area contributed by atoms with Crippen LogP contribution in [-0.2, 0) is 0 Å². The second-order valence-electron chi connectivity index (χ2n) is 5.76. The summed E-state index contributed by atoms with van der Waals surface area (Å²) in [6, 6.07) is 8.84. The molecule has 0 bridgehead atoms. The lowest BCUT2D eigenvalue weighted by Crippen LogP contribution is -2.42. The molecule has 18 heavy (non-hydrogen) atoms. The minimum Gasteiger partial charge on any atom is -0.393 e. The number of benzene rings is 1. The molecule has 2 atom stereocenters. The van der Waals surface area contributed by atoms with Crippen molar-refractivity contribution >= 4 is 0 Å². The molecule has 0 heterocycles. The largest absolute Gasteiger partial charge is 0.393 e. The SMILES string of the molecule is Cc1ccc(C(NCC(C)(O)CO)C2CC2)cc1. The number of rotatable bonds is 6. The first-order valence-corrected chi connectivity index (χ1v) is 6.65. The van der Waals surface area contributed by atoms with Crippen LogP contribution >= 0.6 is 0 Å². The average molecular weight is 249 g/mol. The molecule has 0 aromatic heterocycles. The van der Waals surface area contributed by atoms with E-state index in [1.165, 1.54) is 24.0 Å². The van der Waals surface area contributed by atoms with Crippen LogP contribution in [0.25, 0.3) is 0 Å². The van der Waals surface area contributed by atoms with E-state index >= 15 is 0 Å². The van der Waals surface area contributed by atoms with Crippen molar-refractivity contribution in [1.29, 1.82) is 0 Å². The maximum absolute atomic E-state index is 9.85. The summed E-state index contributed by atoms with van der Waals surface area (Å²) in [6.45, 7) is 3.93. The van der Waals surface area contributed by atoms with E-state index in [0.717, 1.165) is 0 Å². The van der Waals surface area contributed by atoms with E-state index in [2.05, 4.69) is 36.5 Å². The van der Waals surface area contributed by atoms with Gasteiger partial charge in [-0.3, -0.25) is 0 Å². The highest BCUT2D eigenvalue weighted by atomic mass is 16.3. The van der Waals surface area contributed by atoms with Gasteiger partial charge in [-0.25, -0.2) is 0 Å². The lowest BCUT2D eigenvalue weighted by molar-refractivity contribution is 0.000171. The van der Waals surface area contributed by atoms with E-state index in [0.29, 0.717) is 18.5 Å². The summed E-state index contributed by atoms with van der Waals surface area (Å²) in [6.07, 6.45) is 2.49. The van der Waals surface area contributed by atoms with Crippen molar-refractivity contribution in [1.82, 2.24) is 5.32 Å². The summed E-state index contributed by atoms with van der Waals surface area (Å²) in [5.41, 5.74) is 1.49. The fraction of sp³-hybridized carbons (Fsp3) is 0.600. The Kier molecular flexibility index (Phi) is 4.05. The predicted molar refractivity (Wildman–Crippen MR) is 72.4 cm³/mol. The van der Waals surface area contributed by atoms with Crippen LogP contribution in [0.4, 0.5) is 0 Å². The predicted octanol–water partition coefficient (Wildman–Crippen LogP) is 1.78. The molecule has 100 valence electrons. The van der Waals surface area contributed by atoms with E-state index in [9.17, 15) is 5.11 Å². The molecule has 3 nitrogen and oxygen atoms in total. The number of nitrogens with one attached hydrogen (secondary N) is 1. The van der Waals surface area contributed by atoms with Gasteiger partial charge in [0.25, 0.3) is 0 Å². The van der Waals surface area contributed by atoms with E-state index in [1.807, 2.05) is 0 Å². The Bertz CT molecular complexity index is 382. The lowest BCUT2D eigenvalue weighted by Gasteiger charge is -2.26. The third-order valence-corrected chi connectivity index (χ3v) is 3.57. The van der Waals surface area contributed by atoms with Crippen molar-refractivity contribution in [2.75, 3.05) is 13.2 Å². The molecule has 3 heteroatoms. The van der Waals surface area contributed by atoms with Gasteiger partial charge in [0.1, 0.15) is 0 Å². The zero-order valence-corrected chi connectivity index (χ0v) is 11.2. The number of hydrogen-bond donors (Lipinski definition) is 3. The zero-order valence-electron chi connectivity index (χ0n) is 11.2. The Morgan fingerprint density at radius 2 is 1.94 bits per heavy atom. The van der Waals surface area contributed by atoms with Gasteiger partial charge in [0.2, 0.25) is 0 Å². The maximum Gasteiger partial charge on any atom is 0.0973 e. The first kappa shape index (κ1) is 13.5. The van der Waals surface area contributed by atoms with Gasteiger partial charge in [-0.2, -0.15) is 0 Å². The highest BCUT2D eigenvalue weighted by molar-refractivity contribution is 5.25. The van der Waals surface area contributed by atoms with Crippen molar-refractivity contribution in [2.24, 2.45) is 5.92 Å². The molecule has 1 saturated carbocycles. The summed E-state index contributed by atoms with van der Waals surface area (Å²) in [5, 5.41) is 22.3. The molecule has 1 aliphatic rings. The number of aliphatic hydroxyl groups is 2. The summed E-state index contributed by atoms with van der Waals surface area (Å²) < 4.78 is 0. The molecular formula is C15H23NO2. The van der Waals surface area contributed by atoms with Crippen molar-refractivity contribution in [2.45, 2.75) is 38.3 Å². The summed E-state index contributed by atoms with van der Waals surface area (Å²) in [5.74, 6) is 0.669. The number of hydrogen-bond acceptors (Lipinski definition) is 3. The van der Waals surface area contributed by atoms with Crippen LogP contribution in [0, 0.1) is 12.8 Å². The second-order valence-corrected chi connectivity index (χ2v) is 5.76. The summed E-state index contributed by atoms with van der Waals surface area (Å²) in [7, 11) is 0. The van der Waals surface area contributed by atoms with Crippen molar-refractivity contribution in [3.05, 3.63) is 35.4 Å². The smallest absolute Gasteiger partial charge is 0.0973 e. The third-order valence-electron chi connectivity index (χ3n) is 3.57. The van der Waals surface area contributed by atoms with Gasteiger partial charge in [0, 0.05) is 12.6 Å². The van der Waals surface area contributed by atoms with Gasteiger partial charge in [-0.15, -0.1) is 0 Å². The number of aryl methyl sites for hydroxylation is 1. The molecular weight excluding hydrogens is 226 g/mol. The normalized spacial score (nSPS) is 20.4. The molecule has 1 aromatic carbocycles. The second kappa shape index (κ2) is 5.39. The molecule has 0 saturated heterocycles. The maximum atomic E-state index is 9.85. The Morgan fingerprint density at radius 1 is 1.33 bits per heavy atom. The van der Waals surface area contributed by atoms with Crippen molar-refractivity contribution in [3.8, 4) is 0 Å². The Hall–Kier alpha value is -0.900. The lowest BCUT2D eigenvalue weighted by atomic mass is 9.99. The van der Waals surface area contributed by atoms with E-state index in [4.69, 9.17) is 5.11 Å². The van der Waals surface area contributed by atoms with Crippen LogP contribution in [0.1, 0.15) is 36.9 Å². The quantitative estimate of drug-likeness (QED) is 0.720. The first-order valence-electron chi connectivity index (χ1n) is 6.65. The minimum atomic E-state index is -1.04. The van der Waals surface area contributed by atoms with Crippen LogP contribution in [0.15, 0.2) is 24.3 Å². The molecule has 3 N–H and O–H groups in total. The molecule has 0 amide bonds. The highest BCUT2D eigenvalue weighted by Gasteiger charge is 2.33. The molecule has 1 aliphatic carbocycles. The van der Waals surface area contributed by atoms with Crippen LogP contribution in [0.5, 0.6) is 0 Å². The van der Waals surface area contributed by atoms with E-state index in [-0.39, 0.29) is 6.61 Å². The molecule has 2 rings (SSSR count). The highest BCUT2D eigenvalue weighted by Crippen LogP contribution is 2.41. The Balaban J connectivity index is 2.02. The fourth-order valence-corrected chi connectivity index (χ4v) is 2.15. The standard InChI is InChI=1S/C15H23NO2/c1-11-3-5-12(6-4-11)14(13-7-8-13)16-9-15(2,18)10-17/h3-6,13-14,16-18H,7-10H2,1-2H3. The monoisotopic (exact) mass is 249 g/mol. The van der Waals surface area contributed by atoms with Gasteiger partial charge < -0.3 is 15.5 Å². The van der Waals surface area contributed by atoms with Crippen molar-refractivity contribution < 1.29 is 10.2 Å².